The summed E-state index contributed by atoms with van der Waals surface area (Å²) in [5.41, 5.74) is 0. The minimum absolute atomic E-state index is 0.114. The molecule has 0 radical (unpaired) electrons. The number of unbranched alkanes of at least 4 members (excludes halogenated alkanes) is 5. The number of hydrogen-bond donors (Lipinski definition) is 0. The van der Waals surface area contributed by atoms with E-state index in [0.29, 0.717) is 6.61 Å². The lowest BCUT2D eigenvalue weighted by molar-refractivity contribution is 0.171. The molecule has 0 fully saturated rings. The first kappa shape index (κ1) is 12.5. The van der Waals surface area contributed by atoms with Crippen LogP contribution in [0.3, 0.4) is 0 Å². The molecule has 0 saturated carbocycles. The number of carbonyl (C=O) groups excluding carboxylic acids is 1. The van der Waals surface area contributed by atoms with Crippen molar-refractivity contribution < 1.29 is 13.7 Å². The van der Waals surface area contributed by atoms with Crippen LogP contribution in [0.5, 0.6) is 0 Å². The minimum atomic E-state index is -0.714. The van der Waals surface area contributed by atoms with Crippen LogP contribution in [-0.2, 0) is 20.6 Å². The highest BCUT2D eigenvalue weighted by atomic mass is 32.1. The topological polar surface area (TPSA) is 43.4 Å². The maximum absolute atomic E-state index is 10.4. The highest BCUT2D eigenvalue weighted by Gasteiger charge is 2.17. The summed E-state index contributed by atoms with van der Waals surface area (Å²) < 4.78 is 14.5. The van der Waals surface area contributed by atoms with E-state index in [1.165, 1.54) is 25.7 Å². The van der Waals surface area contributed by atoms with Gasteiger partial charge in [0.25, 0.3) is 0 Å². The molecule has 0 atom stereocenters. The molecule has 0 N–H and O–H groups in total. The molecule has 0 aromatic carbocycles. The number of ether oxygens (including phenoxy) is 1. The second-order valence-corrected chi connectivity index (χ2v) is 3.45. The molecule has 0 aliphatic carbocycles. The van der Waals surface area contributed by atoms with E-state index >= 15 is 0 Å². The summed E-state index contributed by atoms with van der Waals surface area (Å²) in [4.78, 5) is 10.4. The van der Waals surface area contributed by atoms with E-state index in [1.54, 1.807) is 0 Å². The first-order valence-corrected chi connectivity index (χ1v) is 5.52. The minimum Gasteiger partial charge on any atom is -0.415 e. The van der Waals surface area contributed by atoms with Crippen molar-refractivity contribution in [1.29, 1.82) is 0 Å². The molecular weight excluding hydrogens is 188 g/mol. The smallest absolute Gasteiger partial charge is 0.415 e. The molecule has 0 saturated heterocycles. The fourth-order valence-corrected chi connectivity index (χ4v) is 1.19. The molecule has 0 bridgehead atoms. The van der Waals surface area contributed by atoms with Gasteiger partial charge in [0.15, 0.2) is 0 Å². The van der Waals surface area contributed by atoms with Crippen LogP contribution in [0, 0.1) is 0 Å². The van der Waals surface area contributed by atoms with Crippen molar-refractivity contribution in [2.24, 2.45) is 0 Å². The highest BCUT2D eigenvalue weighted by Crippen LogP contribution is 2.04. The van der Waals surface area contributed by atoms with Crippen molar-refractivity contribution in [2.75, 3.05) is 6.61 Å². The van der Waals surface area contributed by atoms with E-state index in [4.69, 9.17) is 0 Å². The molecule has 0 heterocycles. The summed E-state index contributed by atoms with van der Waals surface area (Å²) in [6.07, 6.45) is 6.90. The van der Waals surface area contributed by atoms with E-state index in [9.17, 15) is 9.00 Å². The van der Waals surface area contributed by atoms with Gasteiger partial charge in [0, 0.05) is 0 Å². The Bertz CT molecular complexity index is 148. The predicted molar refractivity (Wildman–Crippen MR) is 52.8 cm³/mol. The van der Waals surface area contributed by atoms with Gasteiger partial charge in [0.05, 0.1) is 10.8 Å². The highest BCUT2D eigenvalue weighted by molar-refractivity contribution is 7.82. The Hall–Kier alpha value is -0.510. The predicted octanol–water partition coefficient (Wildman–Crippen LogP) is 2.91. The molecule has 76 valence electrons. The molecular formula is C9H17O3S+. The van der Waals surface area contributed by atoms with Gasteiger partial charge in [-0.25, -0.2) is 0 Å². The van der Waals surface area contributed by atoms with Gasteiger partial charge in [0.2, 0.25) is 0 Å². The molecule has 0 aliphatic heterocycles. The lowest BCUT2D eigenvalue weighted by atomic mass is 10.1. The summed E-state index contributed by atoms with van der Waals surface area (Å²) in [6.45, 7) is 2.56. The Labute approximate surface area is 83.3 Å². The zero-order valence-corrected chi connectivity index (χ0v) is 8.90. The SMILES string of the molecule is CCCCCCCCOC(=O)[S+]=O. The third-order valence-electron chi connectivity index (χ3n) is 1.79. The maximum atomic E-state index is 10.4. The summed E-state index contributed by atoms with van der Waals surface area (Å²) in [7, 11) is 0. The third-order valence-corrected chi connectivity index (χ3v) is 2.04. The number of hydrogen-bond acceptors (Lipinski definition) is 3. The van der Waals surface area contributed by atoms with Gasteiger partial charge >= 0.3 is 17.0 Å². The standard InChI is InChI=1S/C9H17O3S/c1-2-3-4-5-6-7-8-12-9(10)13-11/h2-8H2,1H3/q+1. The van der Waals surface area contributed by atoms with Gasteiger partial charge in [-0.3, -0.25) is 0 Å². The van der Waals surface area contributed by atoms with Crippen molar-refractivity contribution in [3.05, 3.63) is 0 Å². The summed E-state index contributed by atoms with van der Waals surface area (Å²) in [5.74, 6) is 0. The molecule has 4 heteroatoms. The quantitative estimate of drug-likeness (QED) is 0.364. The van der Waals surface area contributed by atoms with E-state index < -0.39 is 5.30 Å². The van der Waals surface area contributed by atoms with Crippen molar-refractivity contribution in [2.45, 2.75) is 45.4 Å². The average Bonchev–Trinajstić information content (AvgIpc) is 2.16. The van der Waals surface area contributed by atoms with E-state index in [1.807, 2.05) is 0 Å². The number of carbonyl (C=O) groups is 1. The zero-order chi connectivity index (χ0) is 9.94. The Kier molecular flexibility index (Phi) is 9.20. The fraction of sp³-hybridized carbons (Fsp3) is 0.889. The Balaban J connectivity index is 2.99. The van der Waals surface area contributed by atoms with Gasteiger partial charge in [-0.15, -0.1) is 0 Å². The average molecular weight is 205 g/mol. The van der Waals surface area contributed by atoms with Gasteiger partial charge in [0.1, 0.15) is 0 Å². The number of rotatable bonds is 7. The van der Waals surface area contributed by atoms with Crippen LogP contribution in [0.25, 0.3) is 0 Å². The fourth-order valence-electron chi connectivity index (χ4n) is 1.06. The van der Waals surface area contributed by atoms with E-state index in [0.717, 1.165) is 12.8 Å². The van der Waals surface area contributed by atoms with Crippen LogP contribution >= 0.6 is 0 Å². The van der Waals surface area contributed by atoms with Crippen molar-refractivity contribution in [3.8, 4) is 0 Å². The lowest BCUT2D eigenvalue weighted by Crippen LogP contribution is -2.01. The van der Waals surface area contributed by atoms with E-state index in [2.05, 4.69) is 11.7 Å². The van der Waals surface area contributed by atoms with Crippen LogP contribution in [-0.4, -0.2) is 11.9 Å². The molecule has 0 rings (SSSR count). The first-order chi connectivity index (χ1) is 6.31. The molecule has 0 spiro atoms. The van der Waals surface area contributed by atoms with Crippen LogP contribution in [0.2, 0.25) is 0 Å². The van der Waals surface area contributed by atoms with Crippen LogP contribution in [0.15, 0.2) is 0 Å². The molecule has 0 amide bonds. The monoisotopic (exact) mass is 205 g/mol. The third kappa shape index (κ3) is 9.40. The second-order valence-electron chi connectivity index (χ2n) is 2.95. The molecule has 3 nitrogen and oxygen atoms in total. The van der Waals surface area contributed by atoms with Gasteiger partial charge < -0.3 is 4.74 Å². The summed E-state index contributed by atoms with van der Waals surface area (Å²) in [5, 5.41) is -0.714. The second kappa shape index (κ2) is 9.58. The van der Waals surface area contributed by atoms with Crippen molar-refractivity contribution in [1.82, 2.24) is 0 Å². The van der Waals surface area contributed by atoms with Gasteiger partial charge in [-0.2, -0.15) is 4.79 Å². The first-order valence-electron chi connectivity index (χ1n) is 4.77. The Morgan fingerprint density at radius 1 is 1.15 bits per heavy atom. The molecule has 0 aromatic rings. The Morgan fingerprint density at radius 3 is 2.38 bits per heavy atom. The largest absolute Gasteiger partial charge is 0.661 e. The van der Waals surface area contributed by atoms with Crippen LogP contribution < -0.4 is 0 Å². The Morgan fingerprint density at radius 2 is 1.77 bits per heavy atom. The summed E-state index contributed by atoms with van der Waals surface area (Å²) >= 11 is -0.114. The van der Waals surface area contributed by atoms with E-state index in [-0.39, 0.29) is 11.7 Å². The van der Waals surface area contributed by atoms with Crippen molar-refractivity contribution >= 4 is 17.0 Å². The molecule has 13 heavy (non-hydrogen) atoms. The molecule has 0 unspecified atom stereocenters. The zero-order valence-electron chi connectivity index (χ0n) is 8.08. The van der Waals surface area contributed by atoms with Gasteiger partial charge in [-0.05, 0) is 6.42 Å². The van der Waals surface area contributed by atoms with Crippen LogP contribution in [0.4, 0.5) is 4.79 Å². The van der Waals surface area contributed by atoms with Gasteiger partial charge in [-0.1, -0.05) is 39.0 Å². The molecule has 0 aliphatic rings. The molecule has 0 aromatic heterocycles. The summed E-state index contributed by atoms with van der Waals surface area (Å²) in [6, 6.07) is 0. The lowest BCUT2D eigenvalue weighted by Gasteiger charge is -1.98. The van der Waals surface area contributed by atoms with Crippen molar-refractivity contribution in [3.63, 3.8) is 0 Å². The van der Waals surface area contributed by atoms with Crippen LogP contribution in [0.1, 0.15) is 45.4 Å². The normalized spacial score (nSPS) is 9.62. The maximum Gasteiger partial charge on any atom is 0.661 e.